The lowest BCUT2D eigenvalue weighted by Crippen LogP contribution is -2.21. The summed E-state index contributed by atoms with van der Waals surface area (Å²) in [7, 11) is 0. The molecule has 0 bridgehead atoms. The number of nitrogens with zero attached hydrogens (tertiary/aromatic N) is 1. The van der Waals surface area contributed by atoms with E-state index in [0.29, 0.717) is 12.3 Å². The van der Waals surface area contributed by atoms with Gasteiger partial charge in [0.25, 0.3) is 0 Å². The molecule has 3 heteroatoms. The number of nitrogens with one attached hydrogen (secondary N) is 1. The van der Waals surface area contributed by atoms with Crippen LogP contribution in [0.3, 0.4) is 0 Å². The second-order valence-electron chi connectivity index (χ2n) is 6.01. The highest BCUT2D eigenvalue weighted by Crippen LogP contribution is 2.29. The number of hydrogen-bond acceptors (Lipinski definition) is 3. The molecule has 2 N–H and O–H groups in total. The Morgan fingerprint density at radius 2 is 2.00 bits per heavy atom. The standard InChI is InChI=1S/C16H26N2O/c1-12-3-6-14(7-4-12)9-10-17-11-15-16(19)8-5-13(2)18-15/h5,8,12,14,17,19H,3-4,6-7,9-11H2,1-2H3. The van der Waals surface area contributed by atoms with Crippen LogP contribution in [0.25, 0.3) is 0 Å². The van der Waals surface area contributed by atoms with Gasteiger partial charge in [-0.2, -0.15) is 0 Å². The lowest BCUT2D eigenvalue weighted by atomic mass is 9.81. The zero-order chi connectivity index (χ0) is 13.7. The molecular weight excluding hydrogens is 236 g/mol. The van der Waals surface area contributed by atoms with Crippen molar-refractivity contribution in [3.8, 4) is 5.75 Å². The molecule has 1 aliphatic rings. The molecule has 1 fully saturated rings. The Labute approximate surface area is 116 Å². The molecule has 1 aromatic heterocycles. The van der Waals surface area contributed by atoms with E-state index in [-0.39, 0.29) is 0 Å². The van der Waals surface area contributed by atoms with Gasteiger partial charge < -0.3 is 10.4 Å². The van der Waals surface area contributed by atoms with E-state index in [4.69, 9.17) is 0 Å². The minimum atomic E-state index is 0.296. The van der Waals surface area contributed by atoms with Gasteiger partial charge in [0, 0.05) is 12.2 Å². The van der Waals surface area contributed by atoms with Crippen molar-refractivity contribution in [2.75, 3.05) is 6.54 Å². The van der Waals surface area contributed by atoms with E-state index < -0.39 is 0 Å². The summed E-state index contributed by atoms with van der Waals surface area (Å²) in [5, 5.41) is 13.1. The Morgan fingerprint density at radius 3 is 2.74 bits per heavy atom. The van der Waals surface area contributed by atoms with E-state index in [1.807, 2.05) is 13.0 Å². The fraction of sp³-hybridized carbons (Fsp3) is 0.688. The van der Waals surface area contributed by atoms with Gasteiger partial charge in [0.05, 0.1) is 5.69 Å². The Balaban J connectivity index is 1.68. The molecule has 0 unspecified atom stereocenters. The van der Waals surface area contributed by atoms with Crippen molar-refractivity contribution in [1.82, 2.24) is 10.3 Å². The monoisotopic (exact) mass is 262 g/mol. The van der Waals surface area contributed by atoms with Crippen LogP contribution in [0.15, 0.2) is 12.1 Å². The van der Waals surface area contributed by atoms with Crippen LogP contribution >= 0.6 is 0 Å². The molecule has 1 aromatic rings. The van der Waals surface area contributed by atoms with Crippen molar-refractivity contribution in [1.29, 1.82) is 0 Å². The van der Waals surface area contributed by atoms with Crippen LogP contribution in [0.4, 0.5) is 0 Å². The third kappa shape index (κ3) is 4.50. The van der Waals surface area contributed by atoms with Crippen molar-refractivity contribution < 1.29 is 5.11 Å². The molecular formula is C16H26N2O. The summed E-state index contributed by atoms with van der Waals surface area (Å²) in [6, 6.07) is 3.56. The van der Waals surface area contributed by atoms with Crippen LogP contribution in [-0.4, -0.2) is 16.6 Å². The maximum Gasteiger partial charge on any atom is 0.138 e. The van der Waals surface area contributed by atoms with Gasteiger partial charge in [-0.3, -0.25) is 4.98 Å². The topological polar surface area (TPSA) is 45.1 Å². The van der Waals surface area contributed by atoms with Crippen LogP contribution in [0.2, 0.25) is 0 Å². The van der Waals surface area contributed by atoms with Gasteiger partial charge in [0.15, 0.2) is 0 Å². The first kappa shape index (κ1) is 14.3. The van der Waals surface area contributed by atoms with Gasteiger partial charge in [0.2, 0.25) is 0 Å². The van der Waals surface area contributed by atoms with Crippen molar-refractivity contribution in [2.24, 2.45) is 11.8 Å². The van der Waals surface area contributed by atoms with Crippen molar-refractivity contribution >= 4 is 0 Å². The molecule has 0 saturated heterocycles. The quantitative estimate of drug-likeness (QED) is 0.799. The molecule has 0 aromatic carbocycles. The Bertz CT molecular complexity index is 398. The first-order valence-corrected chi connectivity index (χ1v) is 7.51. The number of aryl methyl sites for hydroxylation is 1. The Morgan fingerprint density at radius 1 is 1.26 bits per heavy atom. The number of rotatable bonds is 5. The molecule has 2 rings (SSSR count). The van der Waals surface area contributed by atoms with E-state index in [0.717, 1.165) is 29.8 Å². The summed E-state index contributed by atoms with van der Waals surface area (Å²) < 4.78 is 0. The Kier molecular flexibility index (Phi) is 5.20. The number of pyridine rings is 1. The lowest BCUT2D eigenvalue weighted by Gasteiger charge is -2.26. The van der Waals surface area contributed by atoms with Crippen LogP contribution in [0.1, 0.15) is 50.4 Å². The van der Waals surface area contributed by atoms with Crippen molar-refractivity contribution in [3.05, 3.63) is 23.5 Å². The van der Waals surface area contributed by atoms with E-state index in [1.165, 1.54) is 32.1 Å². The summed E-state index contributed by atoms with van der Waals surface area (Å²) in [6.45, 7) is 6.00. The normalized spacial score (nSPS) is 23.5. The number of aromatic hydroxyl groups is 1. The lowest BCUT2D eigenvalue weighted by molar-refractivity contribution is 0.275. The van der Waals surface area contributed by atoms with Crippen LogP contribution in [0.5, 0.6) is 5.75 Å². The summed E-state index contributed by atoms with van der Waals surface area (Å²) in [6.07, 6.45) is 6.81. The SMILES string of the molecule is Cc1ccc(O)c(CNCCC2CCC(C)CC2)n1. The molecule has 0 amide bonds. The highest BCUT2D eigenvalue weighted by Gasteiger charge is 2.17. The smallest absolute Gasteiger partial charge is 0.138 e. The second kappa shape index (κ2) is 6.90. The zero-order valence-corrected chi connectivity index (χ0v) is 12.2. The van der Waals surface area contributed by atoms with Crippen LogP contribution < -0.4 is 5.32 Å². The molecule has 19 heavy (non-hydrogen) atoms. The van der Waals surface area contributed by atoms with Crippen molar-refractivity contribution in [2.45, 2.75) is 52.5 Å². The molecule has 3 nitrogen and oxygen atoms in total. The first-order valence-electron chi connectivity index (χ1n) is 7.51. The van der Waals surface area contributed by atoms with E-state index in [9.17, 15) is 5.11 Å². The summed E-state index contributed by atoms with van der Waals surface area (Å²) >= 11 is 0. The predicted octanol–water partition coefficient (Wildman–Crippen LogP) is 3.40. The van der Waals surface area contributed by atoms with Crippen LogP contribution in [0, 0.1) is 18.8 Å². The summed E-state index contributed by atoms with van der Waals surface area (Å²) in [5.74, 6) is 2.12. The third-order valence-electron chi connectivity index (χ3n) is 4.25. The molecule has 0 radical (unpaired) electrons. The van der Waals surface area contributed by atoms with E-state index in [1.54, 1.807) is 6.07 Å². The maximum atomic E-state index is 9.71. The van der Waals surface area contributed by atoms with Gasteiger partial charge in [-0.05, 0) is 43.9 Å². The second-order valence-corrected chi connectivity index (χ2v) is 6.01. The molecule has 1 heterocycles. The Hall–Kier alpha value is -1.09. The van der Waals surface area contributed by atoms with Crippen LogP contribution in [-0.2, 0) is 6.54 Å². The number of aromatic nitrogens is 1. The molecule has 0 spiro atoms. The fourth-order valence-electron chi connectivity index (χ4n) is 2.86. The zero-order valence-electron chi connectivity index (χ0n) is 12.2. The third-order valence-corrected chi connectivity index (χ3v) is 4.25. The van der Waals surface area contributed by atoms with Gasteiger partial charge in [-0.15, -0.1) is 0 Å². The molecule has 106 valence electrons. The van der Waals surface area contributed by atoms with Gasteiger partial charge >= 0.3 is 0 Å². The molecule has 0 aliphatic heterocycles. The average molecular weight is 262 g/mol. The molecule has 1 saturated carbocycles. The molecule has 0 atom stereocenters. The minimum Gasteiger partial charge on any atom is -0.506 e. The average Bonchev–Trinajstić information content (AvgIpc) is 2.40. The predicted molar refractivity (Wildman–Crippen MR) is 78.1 cm³/mol. The minimum absolute atomic E-state index is 0.296. The fourth-order valence-corrected chi connectivity index (χ4v) is 2.86. The number of hydrogen-bond donors (Lipinski definition) is 2. The summed E-state index contributed by atoms with van der Waals surface area (Å²) in [5.41, 5.74) is 1.72. The van der Waals surface area contributed by atoms with Crippen molar-refractivity contribution in [3.63, 3.8) is 0 Å². The van der Waals surface area contributed by atoms with Gasteiger partial charge in [0.1, 0.15) is 5.75 Å². The molecule has 1 aliphatic carbocycles. The van der Waals surface area contributed by atoms with Gasteiger partial charge in [-0.1, -0.05) is 32.6 Å². The highest BCUT2D eigenvalue weighted by molar-refractivity contribution is 5.27. The van der Waals surface area contributed by atoms with E-state index in [2.05, 4.69) is 17.2 Å². The summed E-state index contributed by atoms with van der Waals surface area (Å²) in [4.78, 5) is 4.35. The first-order chi connectivity index (χ1) is 9.15. The maximum absolute atomic E-state index is 9.71. The highest BCUT2D eigenvalue weighted by atomic mass is 16.3. The van der Waals surface area contributed by atoms with Gasteiger partial charge in [-0.25, -0.2) is 0 Å². The van der Waals surface area contributed by atoms with E-state index >= 15 is 0 Å². The largest absolute Gasteiger partial charge is 0.506 e.